The van der Waals surface area contributed by atoms with E-state index in [9.17, 15) is 24.6 Å². The topological polar surface area (TPSA) is 143 Å². The quantitative estimate of drug-likeness (QED) is 0.530. The van der Waals surface area contributed by atoms with Crippen molar-refractivity contribution in [1.82, 2.24) is 14.5 Å². The number of aliphatic hydroxyl groups is 2. The molecule has 0 unspecified atom stereocenters. The van der Waals surface area contributed by atoms with Gasteiger partial charge in [0.2, 0.25) is 5.91 Å². The number of aromatic nitrogens is 2. The molecule has 2 fully saturated rings. The van der Waals surface area contributed by atoms with E-state index in [1.54, 1.807) is 11.8 Å². The van der Waals surface area contributed by atoms with Crippen LogP contribution in [-0.2, 0) is 14.3 Å². The third-order valence-electron chi connectivity index (χ3n) is 4.84. The Kier molecular flexibility index (Phi) is 6.17. The summed E-state index contributed by atoms with van der Waals surface area (Å²) >= 11 is 0. The van der Waals surface area contributed by atoms with E-state index < -0.39 is 36.3 Å². The van der Waals surface area contributed by atoms with Gasteiger partial charge in [0.15, 0.2) is 12.0 Å². The number of ether oxygens (including phenoxy) is 2. The highest BCUT2D eigenvalue weighted by Gasteiger charge is 2.42. The van der Waals surface area contributed by atoms with Crippen LogP contribution in [0.5, 0.6) is 0 Å². The summed E-state index contributed by atoms with van der Waals surface area (Å²) in [7, 11) is 0. The number of carbonyl (C=O) groups is 2. The summed E-state index contributed by atoms with van der Waals surface area (Å²) in [6.07, 6.45) is 2.68. The van der Waals surface area contributed by atoms with E-state index in [4.69, 9.17) is 15.9 Å². The molecule has 156 valence electrons. The van der Waals surface area contributed by atoms with Crippen molar-refractivity contribution in [3.8, 4) is 12.3 Å². The van der Waals surface area contributed by atoms with Crippen LogP contribution in [0, 0.1) is 12.3 Å². The molecule has 2 aliphatic rings. The van der Waals surface area contributed by atoms with E-state index in [-0.39, 0.29) is 30.4 Å². The lowest BCUT2D eigenvalue weighted by atomic mass is 10.1. The molecular weight excluding hydrogens is 384 g/mol. The maximum atomic E-state index is 12.3. The van der Waals surface area contributed by atoms with Gasteiger partial charge in [-0.05, 0) is 13.3 Å². The Morgan fingerprint density at radius 3 is 2.79 bits per heavy atom. The fourth-order valence-corrected chi connectivity index (χ4v) is 3.23. The lowest BCUT2D eigenvalue weighted by molar-refractivity contribution is -0.128. The minimum absolute atomic E-state index is 0.0160. The fraction of sp³-hybridized carbons (Fsp3) is 0.556. The van der Waals surface area contributed by atoms with E-state index in [0.717, 1.165) is 11.0 Å². The van der Waals surface area contributed by atoms with Crippen LogP contribution in [0.25, 0.3) is 0 Å². The maximum Gasteiger partial charge on any atom is 0.412 e. The summed E-state index contributed by atoms with van der Waals surface area (Å²) in [5, 5.41) is 22.2. The summed E-state index contributed by atoms with van der Waals surface area (Å²) in [5.74, 6) is 2.13. The van der Waals surface area contributed by atoms with Gasteiger partial charge in [-0.25, -0.2) is 9.59 Å². The summed E-state index contributed by atoms with van der Waals surface area (Å²) in [4.78, 5) is 41.2. The van der Waals surface area contributed by atoms with Crippen LogP contribution in [0.1, 0.15) is 31.6 Å². The van der Waals surface area contributed by atoms with E-state index in [2.05, 4.69) is 16.2 Å². The normalized spacial score (nSPS) is 26.4. The molecule has 29 heavy (non-hydrogen) atoms. The largest absolute Gasteiger partial charge is 0.447 e. The van der Waals surface area contributed by atoms with Crippen molar-refractivity contribution >= 4 is 17.8 Å². The minimum atomic E-state index is -1.34. The predicted molar refractivity (Wildman–Crippen MR) is 98.8 cm³/mol. The van der Waals surface area contributed by atoms with E-state index in [1.165, 1.54) is 6.20 Å². The number of nitrogens with zero attached hydrogens (tertiary/aromatic N) is 3. The second-order valence-electron chi connectivity index (χ2n) is 6.80. The van der Waals surface area contributed by atoms with Crippen LogP contribution < -0.4 is 11.0 Å². The molecule has 0 aliphatic carbocycles. The first kappa shape index (κ1) is 20.8. The van der Waals surface area contributed by atoms with Crippen LogP contribution in [0.15, 0.2) is 11.0 Å². The zero-order valence-corrected chi connectivity index (χ0v) is 15.8. The van der Waals surface area contributed by atoms with Crippen molar-refractivity contribution in [2.24, 2.45) is 0 Å². The number of aliphatic hydroxyl groups excluding tert-OH is 2. The van der Waals surface area contributed by atoms with E-state index in [1.807, 2.05) is 0 Å². The van der Waals surface area contributed by atoms with Gasteiger partial charge in [0, 0.05) is 19.2 Å². The zero-order valence-electron chi connectivity index (χ0n) is 15.8. The lowest BCUT2D eigenvalue weighted by Gasteiger charge is -2.18. The Morgan fingerprint density at radius 2 is 2.21 bits per heavy atom. The number of likely N-dealkylation sites (tertiary alicyclic amines) is 1. The number of rotatable bonds is 5. The van der Waals surface area contributed by atoms with Gasteiger partial charge in [0.25, 0.3) is 0 Å². The van der Waals surface area contributed by atoms with Crippen LogP contribution in [-0.4, -0.2) is 74.7 Å². The van der Waals surface area contributed by atoms with Crippen molar-refractivity contribution in [1.29, 1.82) is 0 Å². The first-order valence-electron chi connectivity index (χ1n) is 9.14. The van der Waals surface area contributed by atoms with E-state index >= 15 is 0 Å². The highest BCUT2D eigenvalue weighted by atomic mass is 16.6. The predicted octanol–water partition coefficient (Wildman–Crippen LogP) is -0.965. The molecule has 0 bridgehead atoms. The van der Waals surface area contributed by atoms with Crippen LogP contribution in [0.4, 0.5) is 10.6 Å². The van der Waals surface area contributed by atoms with Crippen molar-refractivity contribution in [3.05, 3.63) is 22.2 Å². The summed E-state index contributed by atoms with van der Waals surface area (Å²) < 4.78 is 11.4. The molecule has 0 aromatic carbocycles. The molecule has 3 N–H and O–H groups in total. The lowest BCUT2D eigenvalue weighted by Crippen LogP contribution is -2.36. The van der Waals surface area contributed by atoms with Gasteiger partial charge >= 0.3 is 11.8 Å². The number of amides is 2. The second-order valence-corrected chi connectivity index (χ2v) is 6.80. The monoisotopic (exact) mass is 406 g/mol. The SMILES string of the molecule is C#Cc1cn([C@@H]2O[C@H](C)[C@@H](O)[C@H]2O)c(=O)nc1NC(=O)OCCN1CCCC1=O. The molecular formula is C18H22N4O7. The van der Waals surface area contributed by atoms with Gasteiger partial charge in [-0.3, -0.25) is 14.7 Å². The Bertz CT molecular complexity index is 893. The molecule has 11 heteroatoms. The molecule has 1 aromatic rings. The van der Waals surface area contributed by atoms with Gasteiger partial charge < -0.3 is 24.6 Å². The number of hydrogen-bond acceptors (Lipinski definition) is 8. The second kappa shape index (κ2) is 8.60. The van der Waals surface area contributed by atoms with Gasteiger partial charge in [-0.2, -0.15) is 4.98 Å². The molecule has 2 amide bonds. The number of carbonyl (C=O) groups excluding carboxylic acids is 2. The Labute approximate surface area is 166 Å². The Hall–Kier alpha value is -2.94. The average Bonchev–Trinajstić information content (AvgIpc) is 3.20. The molecule has 1 aromatic heterocycles. The fourth-order valence-electron chi connectivity index (χ4n) is 3.23. The number of anilines is 1. The van der Waals surface area contributed by atoms with Crippen LogP contribution in [0.3, 0.4) is 0 Å². The molecule has 2 saturated heterocycles. The standard InChI is InChI=1S/C18H22N4O7/c1-3-11-9-22(16-14(25)13(24)10(2)29-16)17(26)19-15(11)20-18(27)28-8-7-21-6-4-5-12(21)23/h1,9-10,13-14,16,24-25H,4-8H2,2H3,(H,19,20,26,27)/t10-,13-,14-,16-/m1/s1. The zero-order chi connectivity index (χ0) is 21.1. The highest BCUT2D eigenvalue weighted by Crippen LogP contribution is 2.28. The Morgan fingerprint density at radius 1 is 1.45 bits per heavy atom. The average molecular weight is 406 g/mol. The molecule has 3 rings (SSSR count). The molecule has 2 aliphatic heterocycles. The van der Waals surface area contributed by atoms with Gasteiger partial charge in [-0.1, -0.05) is 5.92 Å². The third-order valence-corrected chi connectivity index (χ3v) is 4.84. The molecule has 11 nitrogen and oxygen atoms in total. The molecule has 3 heterocycles. The van der Waals surface area contributed by atoms with Crippen molar-refractivity contribution in [2.75, 3.05) is 25.0 Å². The number of nitrogens with one attached hydrogen (secondary N) is 1. The van der Waals surface area contributed by atoms with Crippen molar-refractivity contribution in [3.63, 3.8) is 0 Å². The van der Waals surface area contributed by atoms with Gasteiger partial charge in [-0.15, -0.1) is 6.42 Å². The number of hydrogen-bond donors (Lipinski definition) is 3. The smallest absolute Gasteiger partial charge is 0.412 e. The first-order valence-corrected chi connectivity index (χ1v) is 9.14. The molecule has 0 saturated carbocycles. The van der Waals surface area contributed by atoms with Crippen molar-refractivity contribution < 1.29 is 29.3 Å². The van der Waals surface area contributed by atoms with Crippen molar-refractivity contribution in [2.45, 2.75) is 44.3 Å². The summed E-state index contributed by atoms with van der Waals surface area (Å²) in [6, 6.07) is 0. The van der Waals surface area contributed by atoms with Crippen LogP contribution >= 0.6 is 0 Å². The molecule has 4 atom stereocenters. The maximum absolute atomic E-state index is 12.3. The van der Waals surface area contributed by atoms with E-state index in [0.29, 0.717) is 13.0 Å². The van der Waals surface area contributed by atoms with Crippen LogP contribution in [0.2, 0.25) is 0 Å². The summed E-state index contributed by atoms with van der Waals surface area (Å²) in [5.41, 5.74) is -0.784. The minimum Gasteiger partial charge on any atom is -0.447 e. The van der Waals surface area contributed by atoms with Gasteiger partial charge in [0.1, 0.15) is 18.8 Å². The van der Waals surface area contributed by atoms with Gasteiger partial charge in [0.05, 0.1) is 18.2 Å². The molecule has 0 radical (unpaired) electrons. The molecule has 0 spiro atoms. The number of terminal acetylenes is 1. The third kappa shape index (κ3) is 4.40. The highest BCUT2D eigenvalue weighted by molar-refractivity contribution is 5.85. The summed E-state index contributed by atoms with van der Waals surface area (Å²) in [6.45, 7) is 2.45. The first-order chi connectivity index (χ1) is 13.8. The Balaban J connectivity index is 1.66.